The maximum absolute atomic E-state index is 12.1. The molecule has 0 bridgehead atoms. The van der Waals surface area contributed by atoms with Gasteiger partial charge in [0.05, 0.1) is 19.2 Å². The summed E-state index contributed by atoms with van der Waals surface area (Å²) >= 11 is 7.34. The number of amides is 1. The molecule has 1 aromatic heterocycles. The highest BCUT2D eigenvalue weighted by molar-refractivity contribution is 7.15. The first-order chi connectivity index (χ1) is 9.55. The fourth-order valence-corrected chi connectivity index (χ4v) is 2.44. The fraction of sp³-hybridized carbons (Fsp3) is 0.250. The Morgan fingerprint density at radius 3 is 2.60 bits per heavy atom. The van der Waals surface area contributed by atoms with Crippen LogP contribution in [0.3, 0.4) is 0 Å². The number of halogens is 1. The Morgan fingerprint density at radius 2 is 2.05 bits per heavy atom. The van der Waals surface area contributed by atoms with Gasteiger partial charge in [0, 0.05) is 5.56 Å². The van der Waals surface area contributed by atoms with Crippen LogP contribution in [0.5, 0.6) is 11.5 Å². The van der Waals surface area contributed by atoms with Crippen LogP contribution in [0.1, 0.15) is 15.4 Å². The zero-order chi connectivity index (χ0) is 14.7. The second-order valence-corrected chi connectivity index (χ2v) is 5.36. The molecule has 2 rings (SSSR count). The number of nitrogens with one attached hydrogen (secondary N) is 1. The molecule has 1 N–H and O–H groups in total. The number of nitrogens with zero attached hydrogens (tertiary/aromatic N) is 2. The van der Waals surface area contributed by atoms with E-state index in [4.69, 9.17) is 21.1 Å². The molecule has 0 saturated carbocycles. The molecule has 0 unspecified atom stereocenters. The molecule has 0 spiro atoms. The summed E-state index contributed by atoms with van der Waals surface area (Å²) in [4.78, 5) is 12.1. The van der Waals surface area contributed by atoms with E-state index in [0.29, 0.717) is 27.2 Å². The molecular weight excluding hydrogens is 302 g/mol. The summed E-state index contributed by atoms with van der Waals surface area (Å²) in [6.07, 6.45) is 0. The highest BCUT2D eigenvalue weighted by Crippen LogP contribution is 2.36. The summed E-state index contributed by atoms with van der Waals surface area (Å²) < 4.78 is 10.3. The standard InChI is InChI=1S/C12H12ClN3O3S/c1-6-15-16-12(20-6)14-11(17)7-4-8(13)10(19-3)9(5-7)18-2/h4-5H,1-3H3,(H,14,16,17). The van der Waals surface area contributed by atoms with Gasteiger partial charge in [-0.15, -0.1) is 10.2 Å². The van der Waals surface area contributed by atoms with Crippen LogP contribution in [0.4, 0.5) is 5.13 Å². The summed E-state index contributed by atoms with van der Waals surface area (Å²) in [7, 11) is 2.96. The van der Waals surface area contributed by atoms with Crippen LogP contribution in [-0.2, 0) is 0 Å². The van der Waals surface area contributed by atoms with E-state index in [0.717, 1.165) is 5.01 Å². The average molecular weight is 314 g/mol. The van der Waals surface area contributed by atoms with Crippen molar-refractivity contribution in [2.24, 2.45) is 0 Å². The smallest absolute Gasteiger partial charge is 0.257 e. The van der Waals surface area contributed by atoms with Crippen molar-refractivity contribution in [3.8, 4) is 11.5 Å². The normalized spacial score (nSPS) is 10.2. The van der Waals surface area contributed by atoms with Gasteiger partial charge >= 0.3 is 0 Å². The second kappa shape index (κ2) is 6.06. The number of rotatable bonds is 4. The van der Waals surface area contributed by atoms with Crippen LogP contribution in [0.25, 0.3) is 0 Å². The first kappa shape index (κ1) is 14.5. The highest BCUT2D eigenvalue weighted by Gasteiger charge is 2.16. The van der Waals surface area contributed by atoms with Crippen molar-refractivity contribution in [1.82, 2.24) is 10.2 Å². The second-order valence-electron chi connectivity index (χ2n) is 3.77. The van der Waals surface area contributed by atoms with Gasteiger partial charge in [0.1, 0.15) is 5.01 Å². The van der Waals surface area contributed by atoms with E-state index < -0.39 is 0 Å². The van der Waals surface area contributed by atoms with Crippen LogP contribution in [0.15, 0.2) is 12.1 Å². The summed E-state index contributed by atoms with van der Waals surface area (Å²) in [5, 5.41) is 11.8. The van der Waals surface area contributed by atoms with Gasteiger partial charge in [0.25, 0.3) is 5.91 Å². The maximum atomic E-state index is 12.1. The molecule has 0 aliphatic heterocycles. The predicted octanol–water partition coefficient (Wildman–Crippen LogP) is 2.77. The van der Waals surface area contributed by atoms with Crippen LogP contribution >= 0.6 is 22.9 Å². The van der Waals surface area contributed by atoms with E-state index in [-0.39, 0.29) is 5.91 Å². The molecule has 0 fully saturated rings. The van der Waals surface area contributed by atoms with E-state index in [2.05, 4.69) is 15.5 Å². The Balaban J connectivity index is 2.28. The van der Waals surface area contributed by atoms with E-state index in [9.17, 15) is 4.79 Å². The zero-order valence-electron chi connectivity index (χ0n) is 11.1. The van der Waals surface area contributed by atoms with Crippen molar-refractivity contribution in [2.45, 2.75) is 6.92 Å². The van der Waals surface area contributed by atoms with Crippen LogP contribution in [-0.4, -0.2) is 30.3 Å². The number of methoxy groups -OCH3 is 2. The Labute approximate surface area is 124 Å². The van der Waals surface area contributed by atoms with Crippen molar-refractivity contribution < 1.29 is 14.3 Å². The first-order valence-electron chi connectivity index (χ1n) is 5.58. The number of carbonyl (C=O) groups is 1. The quantitative estimate of drug-likeness (QED) is 0.939. The van der Waals surface area contributed by atoms with Gasteiger partial charge in [0.2, 0.25) is 5.13 Å². The van der Waals surface area contributed by atoms with Crippen molar-refractivity contribution in [2.75, 3.05) is 19.5 Å². The molecule has 0 saturated heterocycles. The minimum absolute atomic E-state index is 0.297. The summed E-state index contributed by atoms with van der Waals surface area (Å²) in [5.74, 6) is 0.431. The average Bonchev–Trinajstić information content (AvgIpc) is 2.82. The maximum Gasteiger partial charge on any atom is 0.257 e. The van der Waals surface area contributed by atoms with Gasteiger partial charge in [-0.1, -0.05) is 22.9 Å². The zero-order valence-corrected chi connectivity index (χ0v) is 12.6. The molecule has 1 heterocycles. The third-order valence-electron chi connectivity index (χ3n) is 2.44. The molecule has 8 heteroatoms. The number of ether oxygens (including phenoxy) is 2. The van der Waals surface area contributed by atoms with Crippen LogP contribution < -0.4 is 14.8 Å². The van der Waals surface area contributed by atoms with Crippen LogP contribution in [0, 0.1) is 6.92 Å². The van der Waals surface area contributed by atoms with E-state index in [1.807, 2.05) is 0 Å². The van der Waals surface area contributed by atoms with E-state index >= 15 is 0 Å². The Kier molecular flexibility index (Phi) is 4.41. The summed E-state index contributed by atoms with van der Waals surface area (Å²) in [6.45, 7) is 1.81. The molecule has 0 atom stereocenters. The number of aryl methyl sites for hydroxylation is 1. The summed E-state index contributed by atoms with van der Waals surface area (Å²) in [6, 6.07) is 3.06. The van der Waals surface area contributed by atoms with Crippen molar-refractivity contribution >= 4 is 34.0 Å². The molecule has 0 radical (unpaired) electrons. The molecule has 20 heavy (non-hydrogen) atoms. The minimum Gasteiger partial charge on any atom is -0.493 e. The SMILES string of the molecule is COc1cc(C(=O)Nc2nnc(C)s2)cc(Cl)c1OC. The molecule has 106 valence electrons. The topological polar surface area (TPSA) is 73.3 Å². The molecule has 1 aromatic carbocycles. The number of aromatic nitrogens is 2. The third-order valence-corrected chi connectivity index (χ3v) is 3.48. The minimum atomic E-state index is -0.344. The lowest BCUT2D eigenvalue weighted by atomic mass is 10.2. The largest absolute Gasteiger partial charge is 0.493 e. The van der Waals surface area contributed by atoms with Gasteiger partial charge < -0.3 is 9.47 Å². The number of carbonyl (C=O) groups excluding carboxylic acids is 1. The van der Waals surface area contributed by atoms with Gasteiger partial charge in [-0.05, 0) is 19.1 Å². The Hall–Kier alpha value is -1.86. The Bertz CT molecular complexity index is 645. The number of hydrogen-bond donors (Lipinski definition) is 1. The van der Waals surface area contributed by atoms with Crippen molar-refractivity contribution in [3.05, 3.63) is 27.7 Å². The lowest BCUT2D eigenvalue weighted by molar-refractivity contribution is 0.102. The van der Waals surface area contributed by atoms with Gasteiger partial charge in [-0.3, -0.25) is 10.1 Å². The monoisotopic (exact) mass is 313 g/mol. The predicted molar refractivity (Wildman–Crippen MR) is 77.2 cm³/mol. The molecule has 0 aliphatic rings. The number of hydrogen-bond acceptors (Lipinski definition) is 6. The van der Waals surface area contributed by atoms with Gasteiger partial charge in [-0.25, -0.2) is 0 Å². The van der Waals surface area contributed by atoms with Crippen LogP contribution in [0.2, 0.25) is 5.02 Å². The van der Waals surface area contributed by atoms with E-state index in [1.54, 1.807) is 13.0 Å². The van der Waals surface area contributed by atoms with E-state index in [1.165, 1.54) is 31.6 Å². The molecule has 6 nitrogen and oxygen atoms in total. The number of benzene rings is 1. The molecule has 2 aromatic rings. The lowest BCUT2D eigenvalue weighted by Crippen LogP contribution is -2.12. The molecule has 1 amide bonds. The first-order valence-corrected chi connectivity index (χ1v) is 6.77. The lowest BCUT2D eigenvalue weighted by Gasteiger charge is -2.11. The molecule has 0 aliphatic carbocycles. The summed E-state index contributed by atoms with van der Waals surface area (Å²) in [5.41, 5.74) is 0.348. The van der Waals surface area contributed by atoms with Gasteiger partial charge in [-0.2, -0.15) is 0 Å². The van der Waals surface area contributed by atoms with Crippen molar-refractivity contribution in [1.29, 1.82) is 0 Å². The third kappa shape index (κ3) is 3.00. The Morgan fingerprint density at radius 1 is 1.30 bits per heavy atom. The molecular formula is C12H12ClN3O3S. The fourth-order valence-electron chi connectivity index (χ4n) is 1.57. The highest BCUT2D eigenvalue weighted by atomic mass is 35.5. The number of anilines is 1. The van der Waals surface area contributed by atoms with Crippen molar-refractivity contribution in [3.63, 3.8) is 0 Å². The van der Waals surface area contributed by atoms with Gasteiger partial charge in [0.15, 0.2) is 11.5 Å².